The molecule has 0 radical (unpaired) electrons. The van der Waals surface area contributed by atoms with Crippen LogP contribution in [0.1, 0.15) is 43.2 Å². The molecular weight excluding hydrogens is 424 g/mol. The van der Waals surface area contributed by atoms with Crippen molar-refractivity contribution in [2.24, 2.45) is 5.92 Å². The highest BCUT2D eigenvalue weighted by molar-refractivity contribution is 5.91. The Morgan fingerprint density at radius 2 is 2.15 bits per heavy atom. The van der Waals surface area contributed by atoms with Crippen LogP contribution in [0.3, 0.4) is 0 Å². The van der Waals surface area contributed by atoms with E-state index < -0.39 is 23.1 Å². The van der Waals surface area contributed by atoms with Gasteiger partial charge in [0.25, 0.3) is 0 Å². The van der Waals surface area contributed by atoms with Gasteiger partial charge in [0.15, 0.2) is 11.5 Å². The summed E-state index contributed by atoms with van der Waals surface area (Å²) < 4.78 is 11.0. The topological polar surface area (TPSA) is 108 Å². The standard InChI is InChI=1S/C25H30N2O6/c1-32-20(30)12-26-19(29)11-16-6-7-25(31)18-10-15-4-5-17(28)22-21(15)24(25,23(16)33-22)8-9-27(18)13-14-2-3-14/h4-5,11,14,18,23,28,31H,2-3,6-10,12-13H2,1H3,(H,26,29)/t18-,23?,24+,25-/m1/s1. The van der Waals surface area contributed by atoms with Crippen LogP contribution in [-0.2, 0) is 26.2 Å². The lowest BCUT2D eigenvalue weighted by Crippen LogP contribution is -2.75. The van der Waals surface area contributed by atoms with Crippen molar-refractivity contribution in [1.82, 2.24) is 10.2 Å². The number of esters is 1. The number of nitrogens with one attached hydrogen (secondary N) is 1. The molecule has 5 aliphatic rings. The van der Waals surface area contributed by atoms with Gasteiger partial charge >= 0.3 is 5.97 Å². The number of benzene rings is 1. The van der Waals surface area contributed by atoms with Crippen LogP contribution in [0.4, 0.5) is 0 Å². The van der Waals surface area contributed by atoms with E-state index in [-0.39, 0.29) is 24.2 Å². The Hall–Kier alpha value is -2.58. The van der Waals surface area contributed by atoms with Gasteiger partial charge in [0, 0.05) is 24.2 Å². The lowest BCUT2D eigenvalue weighted by atomic mass is 9.48. The van der Waals surface area contributed by atoms with Gasteiger partial charge in [-0.05, 0) is 68.2 Å². The number of ether oxygens (including phenoxy) is 2. The van der Waals surface area contributed by atoms with E-state index in [1.165, 1.54) is 26.0 Å². The zero-order chi connectivity index (χ0) is 23.0. The molecule has 1 unspecified atom stereocenters. The number of nitrogens with zero attached hydrogens (tertiary/aromatic N) is 1. The number of hydrogen-bond acceptors (Lipinski definition) is 7. The fourth-order valence-corrected chi connectivity index (χ4v) is 6.94. The minimum atomic E-state index is -0.989. The first-order chi connectivity index (χ1) is 15.9. The Balaban J connectivity index is 1.41. The number of amides is 1. The molecule has 3 N–H and O–H groups in total. The zero-order valence-corrected chi connectivity index (χ0v) is 18.8. The average Bonchev–Trinajstić information content (AvgIpc) is 3.54. The smallest absolute Gasteiger partial charge is 0.325 e. The summed E-state index contributed by atoms with van der Waals surface area (Å²) in [6, 6.07) is 3.64. The number of likely N-dealkylation sites (tertiary alicyclic amines) is 1. The van der Waals surface area contributed by atoms with E-state index in [0.717, 1.165) is 42.1 Å². The summed E-state index contributed by atoms with van der Waals surface area (Å²) >= 11 is 0. The maximum absolute atomic E-state index is 12.6. The van der Waals surface area contributed by atoms with Crippen molar-refractivity contribution in [3.05, 3.63) is 34.9 Å². The molecule has 2 aliphatic heterocycles. The van der Waals surface area contributed by atoms with Gasteiger partial charge in [-0.2, -0.15) is 0 Å². The minimum absolute atomic E-state index is 0.00403. The van der Waals surface area contributed by atoms with Gasteiger partial charge < -0.3 is 25.0 Å². The third-order valence-corrected chi connectivity index (χ3v) is 8.60. The van der Waals surface area contributed by atoms with Crippen molar-refractivity contribution in [3.63, 3.8) is 0 Å². The molecule has 2 saturated carbocycles. The zero-order valence-electron chi connectivity index (χ0n) is 18.8. The number of aromatic hydroxyl groups is 1. The van der Waals surface area contributed by atoms with Crippen LogP contribution in [0.5, 0.6) is 11.5 Å². The molecule has 2 heterocycles. The number of carbonyl (C=O) groups is 2. The second-order valence-electron chi connectivity index (χ2n) is 10.3. The van der Waals surface area contributed by atoms with E-state index in [0.29, 0.717) is 25.0 Å². The Labute approximate surface area is 192 Å². The van der Waals surface area contributed by atoms with Crippen LogP contribution in [0.25, 0.3) is 0 Å². The number of methoxy groups -OCH3 is 1. The number of phenols is 1. The Bertz CT molecular complexity index is 1070. The Morgan fingerprint density at radius 3 is 2.91 bits per heavy atom. The van der Waals surface area contributed by atoms with Crippen molar-refractivity contribution in [1.29, 1.82) is 0 Å². The number of hydrogen-bond donors (Lipinski definition) is 3. The van der Waals surface area contributed by atoms with Gasteiger partial charge in [-0.3, -0.25) is 14.5 Å². The third kappa shape index (κ3) is 2.89. The maximum atomic E-state index is 12.6. The molecule has 4 atom stereocenters. The molecule has 2 bridgehead atoms. The molecule has 1 saturated heterocycles. The predicted molar refractivity (Wildman–Crippen MR) is 118 cm³/mol. The van der Waals surface area contributed by atoms with Gasteiger partial charge in [0.2, 0.25) is 5.91 Å². The first-order valence-electron chi connectivity index (χ1n) is 11.9. The third-order valence-electron chi connectivity index (χ3n) is 8.60. The van der Waals surface area contributed by atoms with E-state index >= 15 is 0 Å². The Morgan fingerprint density at radius 1 is 1.33 bits per heavy atom. The van der Waals surface area contributed by atoms with E-state index in [4.69, 9.17) is 4.74 Å². The predicted octanol–water partition coefficient (Wildman–Crippen LogP) is 1.17. The average molecular weight is 455 g/mol. The molecule has 1 amide bonds. The van der Waals surface area contributed by atoms with E-state index in [1.807, 2.05) is 6.07 Å². The number of phenolic OH excluding ortho intramolecular Hbond substituents is 1. The van der Waals surface area contributed by atoms with Crippen LogP contribution in [0, 0.1) is 5.92 Å². The number of rotatable bonds is 5. The Kier molecular flexibility index (Phi) is 4.58. The molecule has 3 fully saturated rings. The minimum Gasteiger partial charge on any atom is -0.504 e. The fraction of sp³-hybridized carbons (Fsp3) is 0.600. The van der Waals surface area contributed by atoms with Gasteiger partial charge in [-0.25, -0.2) is 0 Å². The number of aliphatic hydroxyl groups is 1. The molecule has 3 aliphatic carbocycles. The molecule has 1 aromatic carbocycles. The molecule has 8 nitrogen and oxygen atoms in total. The highest BCUT2D eigenvalue weighted by atomic mass is 16.5. The van der Waals surface area contributed by atoms with Crippen molar-refractivity contribution in [2.75, 3.05) is 26.7 Å². The molecule has 1 spiro atoms. The van der Waals surface area contributed by atoms with E-state index in [2.05, 4.69) is 15.0 Å². The van der Waals surface area contributed by atoms with Gasteiger partial charge in [-0.15, -0.1) is 0 Å². The first kappa shape index (κ1) is 21.0. The lowest BCUT2D eigenvalue weighted by Gasteiger charge is -2.63. The highest BCUT2D eigenvalue weighted by Gasteiger charge is 2.72. The molecule has 176 valence electrons. The van der Waals surface area contributed by atoms with E-state index in [1.54, 1.807) is 6.07 Å². The molecular formula is C25H30N2O6. The van der Waals surface area contributed by atoms with Gasteiger partial charge in [-0.1, -0.05) is 6.07 Å². The van der Waals surface area contributed by atoms with Crippen molar-refractivity contribution in [2.45, 2.75) is 61.7 Å². The first-order valence-corrected chi connectivity index (χ1v) is 11.9. The van der Waals surface area contributed by atoms with Crippen molar-refractivity contribution >= 4 is 11.9 Å². The lowest BCUT2D eigenvalue weighted by molar-refractivity contribution is -0.174. The van der Waals surface area contributed by atoms with Crippen molar-refractivity contribution in [3.8, 4) is 11.5 Å². The molecule has 8 heteroatoms. The van der Waals surface area contributed by atoms with Crippen LogP contribution in [0.15, 0.2) is 23.8 Å². The van der Waals surface area contributed by atoms with Gasteiger partial charge in [0.1, 0.15) is 12.6 Å². The van der Waals surface area contributed by atoms with Crippen LogP contribution < -0.4 is 10.1 Å². The second-order valence-corrected chi connectivity index (χ2v) is 10.3. The summed E-state index contributed by atoms with van der Waals surface area (Å²) in [6.45, 7) is 1.68. The SMILES string of the molecule is COC(=O)CNC(=O)C=C1CC[C@@]2(O)[C@H]3Cc4ccc(O)c5c4[C@@]2(CCN3CC2CC2)C1O5. The normalized spacial score (nSPS) is 35.0. The quantitative estimate of drug-likeness (QED) is 0.453. The summed E-state index contributed by atoms with van der Waals surface area (Å²) in [7, 11) is 1.27. The van der Waals surface area contributed by atoms with E-state index in [9.17, 15) is 19.8 Å². The largest absolute Gasteiger partial charge is 0.504 e. The summed E-state index contributed by atoms with van der Waals surface area (Å²) in [5.74, 6) is 0.351. The molecule has 6 rings (SSSR count). The van der Waals surface area contributed by atoms with Crippen LogP contribution in [-0.4, -0.2) is 71.5 Å². The summed E-state index contributed by atoms with van der Waals surface area (Å²) in [6.07, 6.45) is 6.01. The monoisotopic (exact) mass is 454 g/mol. The van der Waals surface area contributed by atoms with Gasteiger partial charge in [0.05, 0.1) is 18.1 Å². The number of piperidine rings is 1. The fourth-order valence-electron chi connectivity index (χ4n) is 6.94. The molecule has 1 aromatic rings. The highest BCUT2D eigenvalue weighted by Crippen LogP contribution is 2.66. The van der Waals surface area contributed by atoms with Crippen LogP contribution in [0.2, 0.25) is 0 Å². The summed E-state index contributed by atoms with van der Waals surface area (Å²) in [5.41, 5.74) is 1.16. The second kappa shape index (κ2) is 7.21. The molecule has 0 aromatic heterocycles. The maximum Gasteiger partial charge on any atom is 0.325 e. The number of carbonyl (C=O) groups excluding carboxylic acids is 2. The van der Waals surface area contributed by atoms with Crippen molar-refractivity contribution < 1.29 is 29.3 Å². The molecule has 33 heavy (non-hydrogen) atoms. The summed E-state index contributed by atoms with van der Waals surface area (Å²) in [4.78, 5) is 26.5. The van der Waals surface area contributed by atoms with Crippen LogP contribution >= 0.6 is 0 Å². The summed E-state index contributed by atoms with van der Waals surface area (Å²) in [5, 5.41) is 25.6.